The minimum absolute atomic E-state index is 0.859. The van der Waals surface area contributed by atoms with E-state index >= 15 is 0 Å². The third-order valence-corrected chi connectivity index (χ3v) is 4.74. The first-order chi connectivity index (χ1) is 9.36. The number of hydrogen-bond acceptors (Lipinski definition) is 5. The first kappa shape index (κ1) is 12.9. The van der Waals surface area contributed by atoms with Crippen molar-refractivity contribution in [3.05, 3.63) is 35.5 Å². The molecule has 0 radical (unpaired) electrons. The maximum Gasteiger partial charge on any atom is 0.185 e. The second kappa shape index (κ2) is 5.88. The molecule has 0 bridgehead atoms. The van der Waals surface area contributed by atoms with E-state index in [1.807, 2.05) is 17.8 Å². The standard InChI is InChI=1S/C13H15BrN4S/c14-9-11-1-2-12(16-10-11)17-4-6-18(7-5-17)13-15-3-8-19-13/h1-3,8,10H,4-7,9H2. The molecule has 0 unspecified atom stereocenters. The second-order valence-electron chi connectivity index (χ2n) is 4.45. The van der Waals surface area contributed by atoms with E-state index < -0.39 is 0 Å². The fourth-order valence-corrected chi connectivity index (χ4v) is 3.21. The van der Waals surface area contributed by atoms with Gasteiger partial charge >= 0.3 is 0 Å². The summed E-state index contributed by atoms with van der Waals surface area (Å²) in [6.07, 6.45) is 3.81. The molecule has 2 aromatic heterocycles. The van der Waals surface area contributed by atoms with Crippen LogP contribution in [0.4, 0.5) is 10.9 Å². The SMILES string of the molecule is BrCc1ccc(N2CCN(c3nccs3)CC2)nc1. The zero-order chi connectivity index (χ0) is 13.1. The van der Waals surface area contributed by atoms with Crippen LogP contribution in [0.1, 0.15) is 5.56 Å². The zero-order valence-electron chi connectivity index (χ0n) is 10.5. The molecule has 1 saturated heterocycles. The minimum atomic E-state index is 0.859. The number of aromatic nitrogens is 2. The monoisotopic (exact) mass is 338 g/mol. The Kier molecular flexibility index (Phi) is 3.98. The largest absolute Gasteiger partial charge is 0.353 e. The van der Waals surface area contributed by atoms with Gasteiger partial charge in [-0.1, -0.05) is 22.0 Å². The highest BCUT2D eigenvalue weighted by atomic mass is 79.9. The number of rotatable bonds is 3. The molecule has 3 heterocycles. The van der Waals surface area contributed by atoms with Gasteiger partial charge in [0.25, 0.3) is 0 Å². The average Bonchev–Trinajstić information content (AvgIpc) is 3.02. The highest BCUT2D eigenvalue weighted by molar-refractivity contribution is 9.08. The number of piperazine rings is 1. The van der Waals surface area contributed by atoms with Crippen LogP contribution in [-0.2, 0) is 5.33 Å². The van der Waals surface area contributed by atoms with Gasteiger partial charge < -0.3 is 9.80 Å². The number of halogens is 1. The summed E-state index contributed by atoms with van der Waals surface area (Å²) in [5.74, 6) is 1.07. The molecule has 1 fully saturated rings. The third-order valence-electron chi connectivity index (χ3n) is 3.26. The lowest BCUT2D eigenvalue weighted by molar-refractivity contribution is 0.646. The Morgan fingerprint density at radius 2 is 1.89 bits per heavy atom. The maximum absolute atomic E-state index is 4.53. The molecule has 1 aliphatic rings. The number of thiazole rings is 1. The summed E-state index contributed by atoms with van der Waals surface area (Å²) in [7, 11) is 0. The Bertz CT molecular complexity index is 506. The molecule has 0 aliphatic carbocycles. The molecule has 0 amide bonds. The van der Waals surface area contributed by atoms with E-state index in [1.165, 1.54) is 5.56 Å². The Balaban J connectivity index is 1.63. The van der Waals surface area contributed by atoms with Crippen LogP contribution >= 0.6 is 27.3 Å². The summed E-state index contributed by atoms with van der Waals surface area (Å²) in [5.41, 5.74) is 1.21. The van der Waals surface area contributed by atoms with Crippen LogP contribution < -0.4 is 9.80 Å². The quantitative estimate of drug-likeness (QED) is 0.805. The fourth-order valence-electron chi connectivity index (χ4n) is 2.18. The van der Waals surface area contributed by atoms with E-state index in [0.29, 0.717) is 0 Å². The van der Waals surface area contributed by atoms with Gasteiger partial charge in [0.1, 0.15) is 5.82 Å². The van der Waals surface area contributed by atoms with E-state index in [0.717, 1.165) is 42.5 Å². The van der Waals surface area contributed by atoms with Crippen LogP contribution in [0, 0.1) is 0 Å². The van der Waals surface area contributed by atoms with Crippen molar-refractivity contribution in [3.63, 3.8) is 0 Å². The van der Waals surface area contributed by atoms with Crippen molar-refractivity contribution >= 4 is 38.2 Å². The van der Waals surface area contributed by atoms with Gasteiger partial charge in [0.15, 0.2) is 5.13 Å². The number of nitrogens with zero attached hydrogens (tertiary/aromatic N) is 4. The number of anilines is 2. The zero-order valence-corrected chi connectivity index (χ0v) is 12.9. The van der Waals surface area contributed by atoms with E-state index in [9.17, 15) is 0 Å². The van der Waals surface area contributed by atoms with Crippen molar-refractivity contribution in [2.45, 2.75) is 5.33 Å². The van der Waals surface area contributed by atoms with Gasteiger partial charge in [-0.2, -0.15) is 0 Å². The van der Waals surface area contributed by atoms with Crippen LogP contribution in [-0.4, -0.2) is 36.1 Å². The molecule has 0 N–H and O–H groups in total. The van der Waals surface area contributed by atoms with Gasteiger partial charge in [0.2, 0.25) is 0 Å². The highest BCUT2D eigenvalue weighted by Crippen LogP contribution is 2.21. The second-order valence-corrected chi connectivity index (χ2v) is 5.88. The van der Waals surface area contributed by atoms with Crippen molar-refractivity contribution in [1.82, 2.24) is 9.97 Å². The lowest BCUT2D eigenvalue weighted by Crippen LogP contribution is -2.46. The van der Waals surface area contributed by atoms with Crippen molar-refractivity contribution in [2.75, 3.05) is 36.0 Å². The lowest BCUT2D eigenvalue weighted by Gasteiger charge is -2.35. The van der Waals surface area contributed by atoms with Crippen molar-refractivity contribution < 1.29 is 0 Å². The van der Waals surface area contributed by atoms with Gasteiger partial charge in [-0.3, -0.25) is 0 Å². The summed E-state index contributed by atoms with van der Waals surface area (Å²) in [6, 6.07) is 4.24. The van der Waals surface area contributed by atoms with Crippen LogP contribution in [0.3, 0.4) is 0 Å². The van der Waals surface area contributed by atoms with E-state index in [4.69, 9.17) is 0 Å². The van der Waals surface area contributed by atoms with Crippen LogP contribution in [0.5, 0.6) is 0 Å². The van der Waals surface area contributed by atoms with Crippen molar-refractivity contribution in [1.29, 1.82) is 0 Å². The first-order valence-electron chi connectivity index (χ1n) is 6.27. The molecule has 2 aromatic rings. The molecule has 100 valence electrons. The lowest BCUT2D eigenvalue weighted by atomic mass is 10.3. The first-order valence-corrected chi connectivity index (χ1v) is 8.27. The van der Waals surface area contributed by atoms with E-state index in [1.54, 1.807) is 11.3 Å². The molecule has 19 heavy (non-hydrogen) atoms. The molecule has 0 aromatic carbocycles. The molecular formula is C13H15BrN4S. The van der Waals surface area contributed by atoms with Crippen molar-refractivity contribution in [2.24, 2.45) is 0 Å². The summed E-state index contributed by atoms with van der Waals surface area (Å²) in [4.78, 5) is 13.6. The van der Waals surface area contributed by atoms with Gasteiger partial charge in [-0.25, -0.2) is 9.97 Å². The summed E-state index contributed by atoms with van der Waals surface area (Å²) >= 11 is 5.15. The highest BCUT2D eigenvalue weighted by Gasteiger charge is 2.19. The molecule has 3 rings (SSSR count). The van der Waals surface area contributed by atoms with Crippen molar-refractivity contribution in [3.8, 4) is 0 Å². The molecule has 6 heteroatoms. The Labute approximate surface area is 125 Å². The summed E-state index contributed by atoms with van der Waals surface area (Å²) in [5, 5.41) is 4.02. The topological polar surface area (TPSA) is 32.3 Å². The summed E-state index contributed by atoms with van der Waals surface area (Å²) in [6.45, 7) is 4.02. The molecule has 1 aliphatic heterocycles. The Hall–Kier alpha value is -1.14. The normalized spacial score (nSPS) is 15.8. The Morgan fingerprint density at radius 3 is 2.47 bits per heavy atom. The van der Waals surface area contributed by atoms with Gasteiger partial charge in [0.05, 0.1) is 0 Å². The van der Waals surface area contributed by atoms with Gasteiger partial charge in [-0.15, -0.1) is 11.3 Å². The molecule has 0 atom stereocenters. The van der Waals surface area contributed by atoms with E-state index in [2.05, 4.69) is 47.8 Å². The van der Waals surface area contributed by atoms with Crippen LogP contribution in [0.15, 0.2) is 29.9 Å². The predicted octanol–water partition coefficient (Wildman–Crippen LogP) is 2.76. The molecule has 0 spiro atoms. The fraction of sp³-hybridized carbons (Fsp3) is 0.385. The third kappa shape index (κ3) is 2.90. The molecule has 0 saturated carbocycles. The minimum Gasteiger partial charge on any atom is -0.353 e. The van der Waals surface area contributed by atoms with E-state index in [-0.39, 0.29) is 0 Å². The van der Waals surface area contributed by atoms with Gasteiger partial charge in [0, 0.05) is 49.3 Å². The van der Waals surface area contributed by atoms with Crippen LogP contribution in [0.25, 0.3) is 0 Å². The number of hydrogen-bond donors (Lipinski definition) is 0. The average molecular weight is 339 g/mol. The maximum atomic E-state index is 4.53. The Morgan fingerprint density at radius 1 is 1.11 bits per heavy atom. The van der Waals surface area contributed by atoms with Crippen LogP contribution in [0.2, 0.25) is 0 Å². The molecular weight excluding hydrogens is 324 g/mol. The number of pyridine rings is 1. The summed E-state index contributed by atoms with van der Waals surface area (Å²) < 4.78 is 0. The van der Waals surface area contributed by atoms with Gasteiger partial charge in [-0.05, 0) is 11.6 Å². The smallest absolute Gasteiger partial charge is 0.185 e. The number of alkyl halides is 1. The molecule has 4 nitrogen and oxygen atoms in total. The predicted molar refractivity (Wildman–Crippen MR) is 83.4 cm³/mol.